The van der Waals surface area contributed by atoms with Gasteiger partial charge < -0.3 is 15.3 Å². The van der Waals surface area contributed by atoms with Crippen molar-refractivity contribution in [3.05, 3.63) is 22.4 Å². The van der Waals surface area contributed by atoms with Crippen LogP contribution < -0.4 is 5.32 Å². The number of amides is 2. The van der Waals surface area contributed by atoms with E-state index in [1.54, 1.807) is 16.2 Å². The van der Waals surface area contributed by atoms with Crippen LogP contribution in [-0.4, -0.2) is 59.6 Å². The van der Waals surface area contributed by atoms with E-state index in [1.165, 1.54) is 0 Å². The van der Waals surface area contributed by atoms with Gasteiger partial charge in [-0.05, 0) is 18.4 Å². The molecule has 2 N–H and O–H groups in total. The first-order valence-electron chi connectivity index (χ1n) is 7.09. The fraction of sp³-hybridized carbons (Fsp3) is 0.571. The Morgan fingerprint density at radius 2 is 2.10 bits per heavy atom. The second kappa shape index (κ2) is 7.42. The fourth-order valence-corrected chi connectivity index (χ4v) is 3.05. The number of thiophene rings is 1. The summed E-state index contributed by atoms with van der Waals surface area (Å²) in [6.45, 7) is 5.27. The predicted octanol–water partition coefficient (Wildman–Crippen LogP) is 1.61. The van der Waals surface area contributed by atoms with Gasteiger partial charge in [-0.1, -0.05) is 6.07 Å². The molecule has 0 spiro atoms. The van der Waals surface area contributed by atoms with Gasteiger partial charge in [-0.25, -0.2) is 4.79 Å². The number of carbonyl (C=O) groups is 2. The zero-order valence-electron chi connectivity index (χ0n) is 12.1. The van der Waals surface area contributed by atoms with Crippen molar-refractivity contribution in [3.8, 4) is 0 Å². The third kappa shape index (κ3) is 4.71. The van der Waals surface area contributed by atoms with E-state index in [0.717, 1.165) is 18.0 Å². The molecule has 0 aliphatic carbocycles. The predicted molar refractivity (Wildman–Crippen MR) is 81.5 cm³/mol. The number of carboxylic acid groups (broad SMARTS) is 1. The number of hydrogen-bond acceptors (Lipinski definition) is 4. The Kier molecular flexibility index (Phi) is 5.58. The van der Waals surface area contributed by atoms with Crippen LogP contribution in [0.1, 0.15) is 24.3 Å². The number of aliphatic carboxylic acids is 1. The van der Waals surface area contributed by atoms with E-state index >= 15 is 0 Å². The Morgan fingerprint density at radius 3 is 2.67 bits per heavy atom. The van der Waals surface area contributed by atoms with E-state index in [2.05, 4.69) is 10.2 Å². The van der Waals surface area contributed by atoms with Gasteiger partial charge in [0, 0.05) is 37.6 Å². The van der Waals surface area contributed by atoms with Gasteiger partial charge in [-0.3, -0.25) is 9.69 Å². The van der Waals surface area contributed by atoms with E-state index in [9.17, 15) is 9.59 Å². The summed E-state index contributed by atoms with van der Waals surface area (Å²) in [4.78, 5) is 27.8. The van der Waals surface area contributed by atoms with Gasteiger partial charge in [0.1, 0.15) is 0 Å². The monoisotopic (exact) mass is 311 g/mol. The summed E-state index contributed by atoms with van der Waals surface area (Å²) in [5.41, 5.74) is 0. The van der Waals surface area contributed by atoms with Crippen molar-refractivity contribution in [2.24, 2.45) is 0 Å². The first-order valence-corrected chi connectivity index (χ1v) is 7.97. The van der Waals surface area contributed by atoms with Crippen LogP contribution in [0, 0.1) is 0 Å². The maximum Gasteiger partial charge on any atom is 0.317 e. The second-order valence-corrected chi connectivity index (χ2v) is 6.14. The van der Waals surface area contributed by atoms with Crippen molar-refractivity contribution in [2.75, 3.05) is 32.7 Å². The number of carboxylic acids is 1. The van der Waals surface area contributed by atoms with E-state index < -0.39 is 5.97 Å². The van der Waals surface area contributed by atoms with Gasteiger partial charge in [-0.15, -0.1) is 11.3 Å². The van der Waals surface area contributed by atoms with E-state index in [1.807, 2.05) is 24.4 Å². The SMILES string of the molecule is CC(NC(=O)N1CCN(CCC(=O)O)CC1)c1cccs1. The molecule has 7 heteroatoms. The molecule has 0 aromatic carbocycles. The highest BCUT2D eigenvalue weighted by Gasteiger charge is 2.22. The summed E-state index contributed by atoms with van der Waals surface area (Å²) in [6, 6.07) is 3.96. The smallest absolute Gasteiger partial charge is 0.317 e. The molecule has 1 fully saturated rings. The lowest BCUT2D eigenvalue weighted by Gasteiger charge is -2.35. The van der Waals surface area contributed by atoms with Gasteiger partial charge in [0.05, 0.1) is 12.5 Å². The molecule has 2 heterocycles. The lowest BCUT2D eigenvalue weighted by molar-refractivity contribution is -0.137. The molecule has 1 aliphatic heterocycles. The Morgan fingerprint density at radius 1 is 1.38 bits per heavy atom. The number of nitrogens with zero attached hydrogens (tertiary/aromatic N) is 2. The molecule has 1 saturated heterocycles. The van der Waals surface area contributed by atoms with E-state index in [4.69, 9.17) is 5.11 Å². The van der Waals surface area contributed by atoms with Crippen molar-refractivity contribution in [1.82, 2.24) is 15.1 Å². The summed E-state index contributed by atoms with van der Waals surface area (Å²) < 4.78 is 0. The van der Waals surface area contributed by atoms with Gasteiger partial charge in [-0.2, -0.15) is 0 Å². The minimum absolute atomic E-state index is 0.0162. The molecular weight excluding hydrogens is 290 g/mol. The lowest BCUT2D eigenvalue weighted by Crippen LogP contribution is -2.52. The molecule has 0 radical (unpaired) electrons. The average Bonchev–Trinajstić information content (AvgIpc) is 3.00. The number of carbonyl (C=O) groups excluding carboxylic acids is 1. The normalized spacial score (nSPS) is 17.5. The highest BCUT2D eigenvalue weighted by Crippen LogP contribution is 2.18. The summed E-state index contributed by atoms with van der Waals surface area (Å²) in [5.74, 6) is -0.778. The van der Waals surface area contributed by atoms with Gasteiger partial charge in [0.2, 0.25) is 0 Å². The molecule has 116 valence electrons. The molecule has 2 rings (SSSR count). The van der Waals surface area contributed by atoms with Crippen molar-refractivity contribution < 1.29 is 14.7 Å². The van der Waals surface area contributed by atoms with E-state index in [0.29, 0.717) is 19.6 Å². The number of piperazine rings is 1. The molecule has 2 amide bonds. The van der Waals surface area contributed by atoms with Crippen LogP contribution in [-0.2, 0) is 4.79 Å². The van der Waals surface area contributed by atoms with Crippen molar-refractivity contribution in [3.63, 3.8) is 0 Å². The second-order valence-electron chi connectivity index (χ2n) is 5.16. The van der Waals surface area contributed by atoms with Crippen molar-refractivity contribution >= 4 is 23.3 Å². The molecule has 1 aliphatic rings. The number of urea groups is 1. The average molecular weight is 311 g/mol. The molecule has 1 atom stereocenters. The van der Waals surface area contributed by atoms with Crippen molar-refractivity contribution in [1.29, 1.82) is 0 Å². The molecule has 6 nitrogen and oxygen atoms in total. The lowest BCUT2D eigenvalue weighted by atomic mass is 10.2. The topological polar surface area (TPSA) is 72.9 Å². The number of nitrogens with one attached hydrogen (secondary N) is 1. The minimum Gasteiger partial charge on any atom is -0.481 e. The fourth-order valence-electron chi connectivity index (χ4n) is 2.31. The first kappa shape index (κ1) is 15.8. The van der Waals surface area contributed by atoms with Crippen LogP contribution in [0.15, 0.2) is 17.5 Å². The summed E-state index contributed by atoms with van der Waals surface area (Å²) in [5, 5.41) is 13.7. The summed E-state index contributed by atoms with van der Waals surface area (Å²) >= 11 is 1.63. The molecule has 1 unspecified atom stereocenters. The highest BCUT2D eigenvalue weighted by molar-refractivity contribution is 7.10. The van der Waals surface area contributed by atoms with Gasteiger partial charge in [0.25, 0.3) is 0 Å². The standard InChI is InChI=1S/C14H21N3O3S/c1-11(12-3-2-10-21-12)15-14(20)17-8-6-16(7-9-17)5-4-13(18)19/h2-3,10-11H,4-9H2,1H3,(H,15,20)(H,18,19). The zero-order chi connectivity index (χ0) is 15.2. The Bertz CT molecular complexity index is 470. The minimum atomic E-state index is -0.778. The molecule has 1 aromatic rings. The maximum atomic E-state index is 12.2. The molecule has 1 aromatic heterocycles. The van der Waals surface area contributed by atoms with Crippen LogP contribution in [0.4, 0.5) is 4.79 Å². The van der Waals surface area contributed by atoms with Crippen LogP contribution >= 0.6 is 11.3 Å². The summed E-state index contributed by atoms with van der Waals surface area (Å²) in [7, 11) is 0. The molecule has 0 bridgehead atoms. The Balaban J connectivity index is 1.74. The highest BCUT2D eigenvalue weighted by atomic mass is 32.1. The Labute approximate surface area is 128 Å². The van der Waals surface area contributed by atoms with Gasteiger partial charge in [0.15, 0.2) is 0 Å². The van der Waals surface area contributed by atoms with Crippen LogP contribution in [0.25, 0.3) is 0 Å². The number of rotatable bonds is 5. The largest absolute Gasteiger partial charge is 0.481 e. The third-order valence-electron chi connectivity index (χ3n) is 3.61. The third-order valence-corrected chi connectivity index (χ3v) is 4.67. The maximum absolute atomic E-state index is 12.2. The summed E-state index contributed by atoms with van der Waals surface area (Å²) in [6.07, 6.45) is 0.154. The van der Waals surface area contributed by atoms with Crippen LogP contribution in [0.5, 0.6) is 0 Å². The number of hydrogen-bond donors (Lipinski definition) is 2. The van der Waals surface area contributed by atoms with Crippen molar-refractivity contribution in [2.45, 2.75) is 19.4 Å². The quantitative estimate of drug-likeness (QED) is 0.866. The molecular formula is C14H21N3O3S. The van der Waals surface area contributed by atoms with E-state index in [-0.39, 0.29) is 18.5 Å². The molecule has 21 heavy (non-hydrogen) atoms. The van der Waals surface area contributed by atoms with Gasteiger partial charge >= 0.3 is 12.0 Å². The Hall–Kier alpha value is -1.60. The molecule has 0 saturated carbocycles. The zero-order valence-corrected chi connectivity index (χ0v) is 12.9. The first-order chi connectivity index (χ1) is 10.1. The van der Waals surface area contributed by atoms with Crippen LogP contribution in [0.3, 0.4) is 0 Å². The van der Waals surface area contributed by atoms with Crippen LogP contribution in [0.2, 0.25) is 0 Å².